The van der Waals surface area contributed by atoms with Crippen LogP contribution < -0.4 is 54.9 Å². The van der Waals surface area contributed by atoms with Gasteiger partial charge in [-0.15, -0.1) is 0 Å². The van der Waals surface area contributed by atoms with E-state index in [1.807, 2.05) is 48.0 Å². The van der Waals surface area contributed by atoms with Gasteiger partial charge in [0.15, 0.2) is 12.1 Å². The maximum atomic E-state index is 12.3. The van der Waals surface area contributed by atoms with Crippen molar-refractivity contribution in [3.8, 4) is 11.5 Å². The molecule has 21 heteroatoms. The number of amides is 1. The van der Waals surface area contributed by atoms with Crippen molar-refractivity contribution in [1.82, 2.24) is 19.1 Å². The minimum atomic E-state index is -0.619. The molecule has 0 fully saturated rings. The van der Waals surface area contributed by atoms with Crippen LogP contribution in [0, 0.1) is 0 Å². The molecule has 0 unspecified atom stereocenters. The summed E-state index contributed by atoms with van der Waals surface area (Å²) in [6.07, 6.45) is 15.1. The zero-order valence-corrected chi connectivity index (χ0v) is 39.2. The van der Waals surface area contributed by atoms with Crippen molar-refractivity contribution in [2.45, 2.75) is 40.8 Å². The molecule has 2 aromatic carbocycles. The molecule has 15 N–H and O–H groups in total. The van der Waals surface area contributed by atoms with Gasteiger partial charge in [-0.3, -0.25) is 29.4 Å². The minimum Gasteiger partial charge on any atom is -0.494 e. The van der Waals surface area contributed by atoms with Crippen molar-refractivity contribution in [2.75, 3.05) is 59.8 Å². The number of primary amides is 1. The normalized spacial score (nSPS) is 12.1. The smallest absolute Gasteiger partial charge is 0.248 e. The average molecular weight is 914 g/mol. The number of nitrogens with two attached hydrogens (primary N) is 7. The van der Waals surface area contributed by atoms with Gasteiger partial charge in [-0.05, 0) is 84.3 Å². The lowest BCUT2D eigenvalue weighted by molar-refractivity contribution is -0.102. The van der Waals surface area contributed by atoms with E-state index in [1.165, 1.54) is 26.5 Å². The molecule has 66 heavy (non-hydrogen) atoms. The average Bonchev–Trinajstić information content (AvgIpc) is 3.88. The number of rotatable bonds is 20. The summed E-state index contributed by atoms with van der Waals surface area (Å²) in [6.45, 7) is 11.7. The Morgan fingerprint density at radius 3 is 1.95 bits per heavy atom. The Balaban J connectivity index is 0.00000229. The van der Waals surface area contributed by atoms with Crippen LogP contribution in [-0.2, 0) is 22.7 Å². The molecular weight excluding hydrogens is 847 g/mol. The van der Waals surface area contributed by atoms with E-state index in [1.54, 1.807) is 70.5 Å². The number of fused-ring (bicyclic) bond motifs is 2. The van der Waals surface area contributed by atoms with E-state index in [-0.39, 0.29) is 12.2 Å². The van der Waals surface area contributed by atoms with E-state index in [4.69, 9.17) is 47.9 Å². The Hall–Kier alpha value is -7.91. The molecule has 0 spiro atoms. The molecule has 0 radical (unpaired) electrons. The maximum absolute atomic E-state index is 12.3. The lowest BCUT2D eigenvalue weighted by atomic mass is 10.1. The molecular formula is C45H67N15O6. The molecule has 0 atom stereocenters. The Morgan fingerprint density at radius 1 is 0.818 bits per heavy atom. The van der Waals surface area contributed by atoms with Gasteiger partial charge in [-0.25, -0.2) is 9.97 Å². The fraction of sp³-hybridized carbons (Fsp3) is 0.311. The van der Waals surface area contributed by atoms with Gasteiger partial charge in [0.2, 0.25) is 11.9 Å². The standard InChI is InChI=1S/C35H43N11O4.C7H12N2O.2CH5N.CH2O/c1-5-42-28(14-22(2)37)34-43-27-17-24(33(39)48)18-30(50-13-9-6-10-41-20-25(38)19-36)32(27)45(34)11-7-8-12-46-31-26(44-35(46)40-3)15-23(21-47)16-29(31)49-4;1-3-9-7(5-10)4-6(2)8;3*1-2/h6-9,14-21H,5,10-13,36-38H2,1-4H3,(H2,39,48)(H,40,44);4-5H,3,8H2,1-2H3;2*2H2,1H3;1H2/b8-7+,9-6+,22-14-,25-19+,41-20?,42-28?;6-4-,9-7?;;;. The molecule has 0 bridgehead atoms. The van der Waals surface area contributed by atoms with Gasteiger partial charge in [0, 0.05) is 68.2 Å². The SMILES string of the molecule is C=O.CCN=C(/C=C(/C)N)c1nc2cc(C(N)=O)cc(OC/C=C/CN=C/C(N)=C\N)c2n1C/C=C/Cn1c(NC)nc2cc(C=O)cc(OC)c21.CCN=C(C=O)/C=C(/C)N.CN.CN. The van der Waals surface area contributed by atoms with E-state index in [2.05, 4.69) is 36.7 Å². The number of aldehydes is 2. The van der Waals surface area contributed by atoms with Gasteiger partial charge in [0.1, 0.15) is 47.9 Å². The highest BCUT2D eigenvalue weighted by Gasteiger charge is 2.21. The van der Waals surface area contributed by atoms with Crippen LogP contribution >= 0.6 is 0 Å². The first kappa shape index (κ1) is 58.1. The number of nitrogens with one attached hydrogen (secondary N) is 1. The van der Waals surface area contributed by atoms with Gasteiger partial charge < -0.3 is 68.9 Å². The van der Waals surface area contributed by atoms with Gasteiger partial charge >= 0.3 is 0 Å². The first-order valence-corrected chi connectivity index (χ1v) is 20.4. The number of benzene rings is 2. The quantitative estimate of drug-likeness (QED) is 0.0359. The third kappa shape index (κ3) is 18.1. The predicted molar refractivity (Wildman–Crippen MR) is 267 cm³/mol. The van der Waals surface area contributed by atoms with Gasteiger partial charge in [0.25, 0.3) is 0 Å². The van der Waals surface area contributed by atoms with Crippen molar-refractivity contribution in [3.05, 3.63) is 101 Å². The zero-order valence-electron chi connectivity index (χ0n) is 39.2. The summed E-state index contributed by atoms with van der Waals surface area (Å²) in [5.41, 5.74) is 42.8. The second-order valence-electron chi connectivity index (χ2n) is 12.8. The number of imidazole rings is 2. The largest absolute Gasteiger partial charge is 0.494 e. The highest BCUT2D eigenvalue weighted by molar-refractivity contribution is 6.33. The Bertz CT molecular complexity index is 2410. The lowest BCUT2D eigenvalue weighted by Crippen LogP contribution is -2.13. The Labute approximate surface area is 386 Å². The summed E-state index contributed by atoms with van der Waals surface area (Å²) in [5.74, 6) is 1.46. The van der Waals surface area contributed by atoms with Crippen LogP contribution in [-0.4, -0.2) is 117 Å². The van der Waals surface area contributed by atoms with E-state index in [9.17, 15) is 14.4 Å². The van der Waals surface area contributed by atoms with Crippen molar-refractivity contribution < 1.29 is 28.7 Å². The molecule has 4 rings (SSSR count). The molecule has 0 aliphatic heterocycles. The molecule has 0 saturated carbocycles. The fourth-order valence-electron chi connectivity index (χ4n) is 5.70. The van der Waals surface area contributed by atoms with Gasteiger partial charge in [-0.1, -0.05) is 18.2 Å². The second-order valence-corrected chi connectivity index (χ2v) is 12.8. The van der Waals surface area contributed by atoms with Crippen LogP contribution in [0.2, 0.25) is 0 Å². The zero-order chi connectivity index (χ0) is 50.2. The van der Waals surface area contributed by atoms with Crippen molar-refractivity contribution in [2.24, 2.45) is 55.1 Å². The van der Waals surface area contributed by atoms with Crippen LogP contribution in [0.1, 0.15) is 54.2 Å². The second kappa shape index (κ2) is 32.7. The molecule has 4 aromatic rings. The van der Waals surface area contributed by atoms with Crippen LogP contribution in [0.5, 0.6) is 11.5 Å². The van der Waals surface area contributed by atoms with Crippen molar-refractivity contribution in [1.29, 1.82) is 0 Å². The predicted octanol–water partition coefficient (Wildman–Crippen LogP) is 2.51. The summed E-state index contributed by atoms with van der Waals surface area (Å²) in [7, 11) is 6.33. The molecule has 0 saturated heterocycles. The Morgan fingerprint density at radius 2 is 1.42 bits per heavy atom. The van der Waals surface area contributed by atoms with Crippen LogP contribution in [0.25, 0.3) is 22.1 Å². The van der Waals surface area contributed by atoms with Crippen molar-refractivity contribution in [3.63, 3.8) is 0 Å². The number of nitrogens with zero attached hydrogens (tertiary/aromatic N) is 7. The summed E-state index contributed by atoms with van der Waals surface area (Å²) < 4.78 is 15.7. The third-order valence-corrected chi connectivity index (χ3v) is 8.15. The minimum absolute atomic E-state index is 0.178. The van der Waals surface area contributed by atoms with E-state index in [0.29, 0.717) is 113 Å². The number of methoxy groups -OCH3 is 1. The molecule has 2 heterocycles. The van der Waals surface area contributed by atoms with E-state index >= 15 is 0 Å². The first-order chi connectivity index (χ1) is 31.8. The number of carbonyl (C=O) groups is 4. The lowest BCUT2D eigenvalue weighted by Gasteiger charge is -2.12. The molecule has 2 aromatic heterocycles. The molecule has 1 amide bonds. The highest BCUT2D eigenvalue weighted by atomic mass is 16.5. The van der Waals surface area contributed by atoms with Crippen LogP contribution in [0.4, 0.5) is 5.95 Å². The topological polar surface area (TPSA) is 354 Å². The number of hydrogen-bond acceptors (Lipinski definition) is 18. The van der Waals surface area contributed by atoms with Crippen molar-refractivity contribution >= 4 is 70.9 Å². The van der Waals surface area contributed by atoms with E-state index < -0.39 is 5.91 Å². The van der Waals surface area contributed by atoms with Gasteiger partial charge in [0.05, 0.1) is 36.1 Å². The number of ether oxygens (including phenoxy) is 2. The van der Waals surface area contributed by atoms with E-state index in [0.717, 1.165) is 11.8 Å². The number of anilines is 1. The number of carbonyl (C=O) groups excluding carboxylic acids is 4. The summed E-state index contributed by atoms with van der Waals surface area (Å²) in [4.78, 5) is 64.3. The monoisotopic (exact) mass is 914 g/mol. The highest BCUT2D eigenvalue weighted by Crippen LogP contribution is 2.32. The Kier molecular flexibility index (Phi) is 28.8. The summed E-state index contributed by atoms with van der Waals surface area (Å²) in [6, 6.07) is 6.64. The fourth-order valence-corrected chi connectivity index (χ4v) is 5.70. The third-order valence-electron chi connectivity index (χ3n) is 8.15. The number of hydrogen-bond donors (Lipinski definition) is 8. The maximum Gasteiger partial charge on any atom is 0.248 e. The van der Waals surface area contributed by atoms with Gasteiger partial charge in [-0.2, -0.15) is 0 Å². The summed E-state index contributed by atoms with van der Waals surface area (Å²) in [5, 5.41) is 3.12. The molecule has 0 aliphatic carbocycles. The van der Waals surface area contributed by atoms with Crippen LogP contribution in [0.15, 0.2) is 99.0 Å². The number of aliphatic imine (C=N–C) groups is 3. The first-order valence-electron chi connectivity index (χ1n) is 20.4. The molecule has 0 aliphatic rings. The summed E-state index contributed by atoms with van der Waals surface area (Å²) >= 11 is 0. The van der Waals surface area contributed by atoms with Crippen LogP contribution in [0.3, 0.4) is 0 Å². The molecule has 21 nitrogen and oxygen atoms in total. The number of allylic oxidation sites excluding steroid dienone is 7. The molecule has 358 valence electrons. The number of aromatic nitrogens is 4.